The van der Waals surface area contributed by atoms with Gasteiger partial charge in [0.05, 0.1) is 6.61 Å². The Morgan fingerprint density at radius 3 is 2.45 bits per heavy atom. The second kappa shape index (κ2) is 6.15. The maximum absolute atomic E-state index is 6.37. The third-order valence-electron chi connectivity index (χ3n) is 4.88. The molecule has 0 spiro atoms. The fourth-order valence-electron chi connectivity index (χ4n) is 3.84. The van der Waals surface area contributed by atoms with Crippen LogP contribution in [-0.4, -0.2) is 31.1 Å². The van der Waals surface area contributed by atoms with Crippen molar-refractivity contribution in [3.8, 4) is 5.75 Å². The van der Waals surface area contributed by atoms with Gasteiger partial charge >= 0.3 is 0 Å². The Morgan fingerprint density at radius 2 is 1.85 bits per heavy atom. The summed E-state index contributed by atoms with van der Waals surface area (Å²) >= 11 is 0. The molecule has 3 nitrogen and oxygen atoms in total. The molecule has 2 aliphatic rings. The van der Waals surface area contributed by atoms with Crippen molar-refractivity contribution in [3.63, 3.8) is 0 Å². The number of hydrogen-bond donors (Lipinski definition) is 1. The highest BCUT2D eigenvalue weighted by Gasteiger charge is 2.36. The number of hydrogen-bond acceptors (Lipinski definition) is 3. The van der Waals surface area contributed by atoms with Gasteiger partial charge in [-0.25, -0.2) is 0 Å². The summed E-state index contributed by atoms with van der Waals surface area (Å²) in [5, 5.41) is 0. The molecule has 0 radical (unpaired) electrons. The van der Waals surface area contributed by atoms with Crippen LogP contribution < -0.4 is 10.5 Å². The van der Waals surface area contributed by atoms with Crippen LogP contribution in [0.25, 0.3) is 0 Å². The first-order chi connectivity index (χ1) is 9.76. The van der Waals surface area contributed by atoms with Gasteiger partial charge in [0.15, 0.2) is 0 Å². The number of benzene rings is 1. The highest BCUT2D eigenvalue weighted by atomic mass is 16.5. The van der Waals surface area contributed by atoms with Crippen LogP contribution in [0.1, 0.15) is 37.8 Å². The minimum atomic E-state index is 0.115. The van der Waals surface area contributed by atoms with Gasteiger partial charge < -0.3 is 15.4 Å². The van der Waals surface area contributed by atoms with Crippen molar-refractivity contribution in [2.75, 3.05) is 26.2 Å². The summed E-state index contributed by atoms with van der Waals surface area (Å²) in [6, 6.07) is 8.37. The van der Waals surface area contributed by atoms with E-state index in [2.05, 4.69) is 17.0 Å². The molecule has 1 saturated heterocycles. The average molecular weight is 274 g/mol. The third kappa shape index (κ3) is 2.99. The second-order valence-corrected chi connectivity index (χ2v) is 6.28. The lowest BCUT2D eigenvalue weighted by Gasteiger charge is -2.22. The number of nitrogens with two attached hydrogens (primary N) is 1. The first-order valence-electron chi connectivity index (χ1n) is 7.97. The largest absolute Gasteiger partial charge is 0.494 e. The highest BCUT2D eigenvalue weighted by molar-refractivity contribution is 5.29. The average Bonchev–Trinajstić information content (AvgIpc) is 3.01. The van der Waals surface area contributed by atoms with Gasteiger partial charge in [0.2, 0.25) is 0 Å². The van der Waals surface area contributed by atoms with E-state index in [9.17, 15) is 0 Å². The van der Waals surface area contributed by atoms with Crippen LogP contribution in [0.15, 0.2) is 24.3 Å². The number of fused-ring (bicyclic) bond motifs is 1. The monoisotopic (exact) mass is 274 g/mol. The summed E-state index contributed by atoms with van der Waals surface area (Å²) in [5.74, 6) is 2.82. The standard InChI is InChI=1S/C17H26N2O/c1-2-20-16-8-6-13(7-9-16)17(18)12-19-10-14-4-3-5-15(14)11-19/h6-9,14-15,17H,2-5,10-12,18H2,1H3. The molecule has 110 valence electrons. The summed E-state index contributed by atoms with van der Waals surface area (Å²) in [5.41, 5.74) is 7.58. The summed E-state index contributed by atoms with van der Waals surface area (Å²) in [6.45, 7) is 6.22. The molecule has 0 amide bonds. The lowest BCUT2D eigenvalue weighted by atomic mass is 10.0. The summed E-state index contributed by atoms with van der Waals surface area (Å²) in [4.78, 5) is 2.57. The minimum absolute atomic E-state index is 0.115. The van der Waals surface area contributed by atoms with Crippen molar-refractivity contribution in [1.82, 2.24) is 4.90 Å². The molecule has 2 fully saturated rings. The Balaban J connectivity index is 1.55. The zero-order chi connectivity index (χ0) is 13.9. The van der Waals surface area contributed by atoms with E-state index in [4.69, 9.17) is 10.5 Å². The number of ether oxygens (including phenoxy) is 1. The van der Waals surface area contributed by atoms with E-state index in [1.807, 2.05) is 19.1 Å². The molecule has 3 unspecified atom stereocenters. The first-order valence-corrected chi connectivity index (χ1v) is 7.97. The quantitative estimate of drug-likeness (QED) is 0.897. The van der Waals surface area contributed by atoms with Crippen molar-refractivity contribution in [1.29, 1.82) is 0 Å². The van der Waals surface area contributed by atoms with E-state index in [1.165, 1.54) is 37.9 Å². The summed E-state index contributed by atoms with van der Waals surface area (Å²) in [7, 11) is 0. The van der Waals surface area contributed by atoms with Crippen molar-refractivity contribution in [3.05, 3.63) is 29.8 Å². The Labute approximate surface area is 122 Å². The smallest absolute Gasteiger partial charge is 0.119 e. The fraction of sp³-hybridized carbons (Fsp3) is 0.647. The zero-order valence-electron chi connectivity index (χ0n) is 12.4. The molecule has 1 aromatic carbocycles. The maximum Gasteiger partial charge on any atom is 0.119 e. The van der Waals surface area contributed by atoms with E-state index in [1.54, 1.807) is 0 Å². The van der Waals surface area contributed by atoms with Crippen LogP contribution in [0.4, 0.5) is 0 Å². The van der Waals surface area contributed by atoms with Crippen LogP contribution in [0.2, 0.25) is 0 Å². The molecule has 2 N–H and O–H groups in total. The predicted octanol–water partition coefficient (Wildman–Crippen LogP) is 2.82. The molecule has 20 heavy (non-hydrogen) atoms. The Morgan fingerprint density at radius 1 is 1.20 bits per heavy atom. The van der Waals surface area contributed by atoms with Crippen LogP contribution in [0, 0.1) is 11.8 Å². The molecule has 0 bridgehead atoms. The molecule has 3 rings (SSSR count). The Kier molecular flexibility index (Phi) is 4.27. The fourth-order valence-corrected chi connectivity index (χ4v) is 3.84. The van der Waals surface area contributed by atoms with Gasteiger partial charge in [-0.15, -0.1) is 0 Å². The second-order valence-electron chi connectivity index (χ2n) is 6.28. The van der Waals surface area contributed by atoms with Crippen molar-refractivity contribution >= 4 is 0 Å². The van der Waals surface area contributed by atoms with E-state index < -0.39 is 0 Å². The summed E-state index contributed by atoms with van der Waals surface area (Å²) in [6.07, 6.45) is 4.30. The van der Waals surface area contributed by atoms with Crippen molar-refractivity contribution in [2.24, 2.45) is 17.6 Å². The van der Waals surface area contributed by atoms with Gasteiger partial charge in [-0.3, -0.25) is 0 Å². The molecular formula is C17H26N2O. The van der Waals surface area contributed by atoms with E-state index in [-0.39, 0.29) is 6.04 Å². The molecule has 3 heteroatoms. The lowest BCUT2D eigenvalue weighted by Crippen LogP contribution is -2.31. The van der Waals surface area contributed by atoms with Crippen molar-refractivity contribution < 1.29 is 4.74 Å². The van der Waals surface area contributed by atoms with Crippen LogP contribution in [0.3, 0.4) is 0 Å². The van der Waals surface area contributed by atoms with Crippen LogP contribution in [-0.2, 0) is 0 Å². The SMILES string of the molecule is CCOc1ccc(C(N)CN2CC3CCCC3C2)cc1. The minimum Gasteiger partial charge on any atom is -0.494 e. The molecule has 0 aromatic heterocycles. The molecule has 1 aliphatic carbocycles. The number of likely N-dealkylation sites (tertiary alicyclic amines) is 1. The third-order valence-corrected chi connectivity index (χ3v) is 4.88. The number of rotatable bonds is 5. The molecule has 1 saturated carbocycles. The Hall–Kier alpha value is -1.06. The van der Waals surface area contributed by atoms with Gasteiger partial charge in [0, 0.05) is 25.7 Å². The van der Waals surface area contributed by atoms with Crippen LogP contribution in [0.5, 0.6) is 5.75 Å². The van der Waals surface area contributed by atoms with Crippen LogP contribution >= 0.6 is 0 Å². The van der Waals surface area contributed by atoms with Gasteiger partial charge in [-0.2, -0.15) is 0 Å². The summed E-state index contributed by atoms with van der Waals surface area (Å²) < 4.78 is 5.47. The molecule has 1 aliphatic heterocycles. The molecule has 1 aromatic rings. The molecular weight excluding hydrogens is 248 g/mol. The van der Waals surface area contributed by atoms with Gasteiger partial charge in [0.1, 0.15) is 5.75 Å². The Bertz CT molecular complexity index is 419. The normalized spacial score (nSPS) is 27.5. The molecule has 3 atom stereocenters. The van der Waals surface area contributed by atoms with Gasteiger partial charge in [-0.05, 0) is 49.3 Å². The van der Waals surface area contributed by atoms with Gasteiger partial charge in [-0.1, -0.05) is 18.6 Å². The lowest BCUT2D eigenvalue weighted by molar-refractivity contribution is 0.291. The first kappa shape index (κ1) is 13.9. The van der Waals surface area contributed by atoms with E-state index in [0.29, 0.717) is 6.61 Å². The van der Waals surface area contributed by atoms with E-state index in [0.717, 1.165) is 24.1 Å². The number of nitrogens with zero attached hydrogens (tertiary/aromatic N) is 1. The predicted molar refractivity (Wildman–Crippen MR) is 81.8 cm³/mol. The van der Waals surface area contributed by atoms with Gasteiger partial charge in [0.25, 0.3) is 0 Å². The zero-order valence-corrected chi connectivity index (χ0v) is 12.4. The maximum atomic E-state index is 6.37. The van der Waals surface area contributed by atoms with Crippen molar-refractivity contribution in [2.45, 2.75) is 32.2 Å². The topological polar surface area (TPSA) is 38.5 Å². The highest BCUT2D eigenvalue weighted by Crippen LogP contribution is 2.38. The molecule has 1 heterocycles. The van der Waals surface area contributed by atoms with E-state index >= 15 is 0 Å².